The number of carbonyl (C=O) groups is 1. The molecule has 3 rings (SSSR count). The lowest BCUT2D eigenvalue weighted by Gasteiger charge is -2.36. The maximum Gasteiger partial charge on any atom is 0.573 e. The van der Waals surface area contributed by atoms with Crippen LogP contribution in [-0.2, 0) is 16.1 Å². The van der Waals surface area contributed by atoms with Crippen molar-refractivity contribution in [3.8, 4) is 17.1 Å². The summed E-state index contributed by atoms with van der Waals surface area (Å²) in [6, 6.07) is 5.73. The van der Waals surface area contributed by atoms with Gasteiger partial charge in [-0.15, -0.1) is 13.2 Å². The molecule has 0 spiro atoms. The van der Waals surface area contributed by atoms with Crippen molar-refractivity contribution in [1.29, 1.82) is 0 Å². The standard InChI is InChI=1S/C17H19F3N2O3.C2H4O2/c18-17(19,20)25-14-3-1-2-13(10-14)15-21-6-7-22(15)11-16(12-23)4-8-24-9-5-16;1-2(3)4/h1-3,6-7,10,23H,4-5,8-9,11-12H2;1H3,(H,3,4). The van der Waals surface area contributed by atoms with E-state index in [1.807, 2.05) is 4.57 Å². The summed E-state index contributed by atoms with van der Waals surface area (Å²) in [6.07, 6.45) is 0.0598. The Morgan fingerprint density at radius 3 is 2.59 bits per heavy atom. The quantitative estimate of drug-likeness (QED) is 0.777. The molecule has 0 radical (unpaired) electrons. The zero-order valence-corrected chi connectivity index (χ0v) is 15.9. The molecule has 1 fully saturated rings. The molecule has 2 aromatic rings. The van der Waals surface area contributed by atoms with E-state index in [-0.39, 0.29) is 17.8 Å². The number of aliphatic hydroxyl groups excluding tert-OH is 1. The number of carboxylic acid groups (broad SMARTS) is 1. The Morgan fingerprint density at radius 1 is 1.34 bits per heavy atom. The zero-order chi connectivity index (χ0) is 21.5. The van der Waals surface area contributed by atoms with Crippen molar-refractivity contribution in [2.45, 2.75) is 32.7 Å². The monoisotopic (exact) mass is 416 g/mol. The van der Waals surface area contributed by atoms with Crippen LogP contribution >= 0.6 is 0 Å². The summed E-state index contributed by atoms with van der Waals surface area (Å²) in [5.41, 5.74) is 0.209. The molecule has 0 aliphatic carbocycles. The summed E-state index contributed by atoms with van der Waals surface area (Å²) in [4.78, 5) is 13.3. The van der Waals surface area contributed by atoms with Crippen LogP contribution in [0.15, 0.2) is 36.7 Å². The van der Waals surface area contributed by atoms with Gasteiger partial charge in [0, 0.05) is 50.1 Å². The molecule has 1 aromatic carbocycles. The first kappa shape index (κ1) is 22.7. The van der Waals surface area contributed by atoms with Gasteiger partial charge in [0.15, 0.2) is 0 Å². The van der Waals surface area contributed by atoms with Crippen molar-refractivity contribution >= 4 is 5.97 Å². The van der Waals surface area contributed by atoms with E-state index in [0.717, 1.165) is 19.8 Å². The Labute approximate surface area is 165 Å². The van der Waals surface area contributed by atoms with Crippen LogP contribution in [0.1, 0.15) is 19.8 Å². The maximum atomic E-state index is 12.4. The summed E-state index contributed by atoms with van der Waals surface area (Å²) < 4.78 is 48.4. The minimum atomic E-state index is -4.74. The van der Waals surface area contributed by atoms with Gasteiger partial charge < -0.3 is 24.3 Å². The van der Waals surface area contributed by atoms with Crippen molar-refractivity contribution in [2.75, 3.05) is 19.8 Å². The molecule has 29 heavy (non-hydrogen) atoms. The van der Waals surface area contributed by atoms with Crippen LogP contribution < -0.4 is 4.74 Å². The first-order valence-corrected chi connectivity index (χ1v) is 8.90. The van der Waals surface area contributed by atoms with Gasteiger partial charge in [-0.1, -0.05) is 12.1 Å². The number of imidazole rings is 1. The molecule has 2 N–H and O–H groups in total. The third-order valence-corrected chi connectivity index (χ3v) is 4.44. The Hall–Kier alpha value is -2.59. The molecule has 2 heterocycles. The zero-order valence-electron chi connectivity index (χ0n) is 15.9. The SMILES string of the molecule is CC(=O)O.OCC1(Cn2ccnc2-c2cccc(OC(F)(F)F)c2)CCOCC1. The van der Waals surface area contributed by atoms with Gasteiger partial charge >= 0.3 is 6.36 Å². The van der Waals surface area contributed by atoms with Crippen LogP contribution in [0.4, 0.5) is 13.2 Å². The summed E-state index contributed by atoms with van der Waals surface area (Å²) >= 11 is 0. The van der Waals surface area contributed by atoms with E-state index in [1.54, 1.807) is 18.5 Å². The van der Waals surface area contributed by atoms with Gasteiger partial charge in [0.25, 0.3) is 5.97 Å². The molecule has 1 aliphatic heterocycles. The predicted molar refractivity (Wildman–Crippen MR) is 97.2 cm³/mol. The van der Waals surface area contributed by atoms with Gasteiger partial charge in [-0.25, -0.2) is 4.98 Å². The Balaban J connectivity index is 0.000000687. The lowest BCUT2D eigenvalue weighted by atomic mass is 9.81. The number of halogens is 3. The molecule has 0 atom stereocenters. The maximum absolute atomic E-state index is 12.4. The molecule has 1 aliphatic rings. The normalized spacial score (nSPS) is 15.9. The van der Waals surface area contributed by atoms with Crippen LogP contribution in [0.3, 0.4) is 0 Å². The third kappa shape index (κ3) is 7.06. The van der Waals surface area contributed by atoms with Crippen molar-refractivity contribution < 1.29 is 37.7 Å². The van der Waals surface area contributed by atoms with E-state index < -0.39 is 12.3 Å². The van der Waals surface area contributed by atoms with Crippen molar-refractivity contribution in [2.24, 2.45) is 5.41 Å². The van der Waals surface area contributed by atoms with Crippen molar-refractivity contribution in [1.82, 2.24) is 9.55 Å². The number of nitrogens with zero attached hydrogens (tertiary/aromatic N) is 2. The van der Waals surface area contributed by atoms with Gasteiger partial charge in [0.2, 0.25) is 0 Å². The second kappa shape index (κ2) is 9.75. The number of hydrogen-bond donors (Lipinski definition) is 2. The van der Waals surface area contributed by atoms with Gasteiger partial charge in [0.1, 0.15) is 11.6 Å². The van der Waals surface area contributed by atoms with Crippen molar-refractivity contribution in [3.63, 3.8) is 0 Å². The first-order valence-electron chi connectivity index (χ1n) is 8.90. The number of carboxylic acids is 1. The molecule has 1 saturated heterocycles. The third-order valence-electron chi connectivity index (χ3n) is 4.44. The lowest BCUT2D eigenvalue weighted by Crippen LogP contribution is -2.37. The molecule has 0 bridgehead atoms. The van der Waals surface area contributed by atoms with E-state index in [1.165, 1.54) is 18.2 Å². The highest BCUT2D eigenvalue weighted by Crippen LogP contribution is 2.34. The van der Waals surface area contributed by atoms with Gasteiger partial charge in [-0.2, -0.15) is 0 Å². The predicted octanol–water partition coefficient (Wildman–Crippen LogP) is 3.33. The fraction of sp³-hybridized carbons (Fsp3) is 0.474. The van der Waals surface area contributed by atoms with E-state index >= 15 is 0 Å². The van der Waals surface area contributed by atoms with Gasteiger partial charge in [-0.3, -0.25) is 4.79 Å². The van der Waals surface area contributed by atoms with Gasteiger partial charge in [0.05, 0.1) is 6.61 Å². The van der Waals surface area contributed by atoms with Crippen LogP contribution in [-0.4, -0.2) is 51.9 Å². The fourth-order valence-electron chi connectivity index (χ4n) is 3.06. The average molecular weight is 416 g/mol. The number of benzene rings is 1. The number of ether oxygens (including phenoxy) is 2. The Kier molecular flexibility index (Phi) is 7.63. The first-order chi connectivity index (χ1) is 13.6. The molecular formula is C19H23F3N2O5. The van der Waals surface area contributed by atoms with Crippen LogP contribution in [0, 0.1) is 5.41 Å². The number of rotatable bonds is 5. The van der Waals surface area contributed by atoms with Gasteiger partial charge in [-0.05, 0) is 25.0 Å². The summed E-state index contributed by atoms with van der Waals surface area (Å²) in [7, 11) is 0. The highest BCUT2D eigenvalue weighted by Gasteiger charge is 2.33. The highest BCUT2D eigenvalue weighted by molar-refractivity contribution is 5.63. The largest absolute Gasteiger partial charge is 0.573 e. The number of aliphatic carboxylic acids is 1. The van der Waals surface area contributed by atoms with Crippen LogP contribution in [0.25, 0.3) is 11.4 Å². The van der Waals surface area contributed by atoms with Crippen LogP contribution in [0.2, 0.25) is 0 Å². The minimum Gasteiger partial charge on any atom is -0.481 e. The molecule has 0 unspecified atom stereocenters. The Morgan fingerprint density at radius 2 is 2.00 bits per heavy atom. The highest BCUT2D eigenvalue weighted by atomic mass is 19.4. The number of aliphatic hydroxyl groups is 1. The molecule has 1 aromatic heterocycles. The molecule has 0 amide bonds. The smallest absolute Gasteiger partial charge is 0.481 e. The second-order valence-electron chi connectivity index (χ2n) is 6.74. The van der Waals surface area contributed by atoms with E-state index in [0.29, 0.717) is 31.1 Å². The fourth-order valence-corrected chi connectivity index (χ4v) is 3.06. The molecule has 10 heteroatoms. The molecule has 160 valence electrons. The summed E-state index contributed by atoms with van der Waals surface area (Å²) in [5, 5.41) is 17.3. The van der Waals surface area contributed by atoms with E-state index in [4.69, 9.17) is 14.6 Å². The number of hydrogen-bond acceptors (Lipinski definition) is 5. The lowest BCUT2D eigenvalue weighted by molar-refractivity contribution is -0.274. The Bertz CT molecular complexity index is 797. The molecular weight excluding hydrogens is 393 g/mol. The number of aromatic nitrogens is 2. The van der Waals surface area contributed by atoms with E-state index in [2.05, 4.69) is 9.72 Å². The second-order valence-corrected chi connectivity index (χ2v) is 6.74. The topological polar surface area (TPSA) is 93.8 Å². The van der Waals surface area contributed by atoms with Crippen molar-refractivity contribution in [3.05, 3.63) is 36.7 Å². The summed E-state index contributed by atoms with van der Waals surface area (Å²) in [5.74, 6) is -0.588. The van der Waals surface area contributed by atoms with E-state index in [9.17, 15) is 18.3 Å². The molecule has 0 saturated carbocycles. The number of alkyl halides is 3. The minimum absolute atomic E-state index is 0.0191. The average Bonchev–Trinajstić information content (AvgIpc) is 3.09. The summed E-state index contributed by atoms with van der Waals surface area (Å²) in [6.45, 7) is 2.79. The molecule has 7 nitrogen and oxygen atoms in total. The van der Waals surface area contributed by atoms with Crippen LogP contribution in [0.5, 0.6) is 5.75 Å².